The summed E-state index contributed by atoms with van der Waals surface area (Å²) in [5.74, 6) is -1.70. The Hall–Kier alpha value is -3.07. The number of carbonyl (C=O) groups excluding carboxylic acids is 3. The summed E-state index contributed by atoms with van der Waals surface area (Å²) in [6.07, 6.45) is -0.116. The minimum Gasteiger partial charge on any atom is -0.319 e. The number of benzene rings is 3. The van der Waals surface area contributed by atoms with E-state index < -0.39 is 29.7 Å². The molecule has 0 N–H and O–H groups in total. The molecule has 1 aliphatic heterocycles. The van der Waals surface area contributed by atoms with E-state index in [-0.39, 0.29) is 17.9 Å². The van der Waals surface area contributed by atoms with Crippen molar-refractivity contribution in [3.05, 3.63) is 99.4 Å². The number of imide groups is 1. The zero-order valence-electron chi connectivity index (χ0n) is 17.2. The first-order valence-corrected chi connectivity index (χ1v) is 11.2. The molecule has 3 aromatic rings. The third-order valence-corrected chi connectivity index (χ3v) is 6.29. The Bertz CT molecular complexity index is 1150. The number of carbonyl (C=O) groups is 3. The lowest BCUT2D eigenvalue weighted by Crippen LogP contribution is -2.46. The highest BCUT2D eigenvalue weighted by Crippen LogP contribution is 2.32. The van der Waals surface area contributed by atoms with Crippen molar-refractivity contribution in [2.45, 2.75) is 25.4 Å². The van der Waals surface area contributed by atoms with Gasteiger partial charge < -0.3 is 4.90 Å². The fraction of sp³-hybridized carbons (Fsp3) is 0.160. The van der Waals surface area contributed by atoms with E-state index in [1.54, 1.807) is 12.1 Å². The van der Waals surface area contributed by atoms with E-state index in [9.17, 15) is 18.8 Å². The van der Waals surface area contributed by atoms with Crippen molar-refractivity contribution in [2.24, 2.45) is 0 Å². The Kier molecular flexibility index (Phi) is 6.36. The van der Waals surface area contributed by atoms with Gasteiger partial charge in [0.1, 0.15) is 11.9 Å². The number of halogens is 2. The minimum absolute atomic E-state index is 0.116. The van der Waals surface area contributed by atoms with E-state index in [2.05, 4.69) is 22.6 Å². The van der Waals surface area contributed by atoms with Crippen LogP contribution in [0.25, 0.3) is 0 Å². The molecule has 3 aromatic carbocycles. The molecule has 0 aromatic heterocycles. The molecular formula is C25H20FIN2O3. The van der Waals surface area contributed by atoms with Gasteiger partial charge in [-0.1, -0.05) is 30.3 Å². The molecule has 0 radical (unpaired) electrons. The summed E-state index contributed by atoms with van der Waals surface area (Å²) in [6.45, 7) is 1.82. The van der Waals surface area contributed by atoms with Gasteiger partial charge in [0.05, 0.1) is 18.2 Å². The number of amides is 3. The van der Waals surface area contributed by atoms with Crippen LogP contribution in [-0.2, 0) is 9.59 Å². The van der Waals surface area contributed by atoms with Crippen molar-refractivity contribution in [3.63, 3.8) is 0 Å². The second kappa shape index (κ2) is 9.20. The molecule has 32 heavy (non-hydrogen) atoms. The molecule has 7 heteroatoms. The number of hydrogen-bond donors (Lipinski definition) is 0. The predicted octanol–water partition coefficient (Wildman–Crippen LogP) is 4.97. The zero-order chi connectivity index (χ0) is 22.8. The summed E-state index contributed by atoms with van der Waals surface area (Å²) < 4.78 is 14.4. The largest absolute Gasteiger partial charge is 0.319 e. The molecule has 0 aliphatic carbocycles. The van der Waals surface area contributed by atoms with Crippen molar-refractivity contribution >= 4 is 46.0 Å². The van der Waals surface area contributed by atoms with Crippen LogP contribution in [0.15, 0.2) is 78.9 Å². The van der Waals surface area contributed by atoms with Crippen LogP contribution in [0.3, 0.4) is 0 Å². The molecule has 1 aliphatic rings. The molecule has 2 atom stereocenters. The van der Waals surface area contributed by atoms with Crippen molar-refractivity contribution in [1.82, 2.24) is 4.90 Å². The second-order valence-corrected chi connectivity index (χ2v) is 8.82. The topological polar surface area (TPSA) is 57.7 Å². The first-order chi connectivity index (χ1) is 15.4. The summed E-state index contributed by atoms with van der Waals surface area (Å²) in [5.41, 5.74) is 1.56. The summed E-state index contributed by atoms with van der Waals surface area (Å²) in [6, 6.07) is 20.1. The Labute approximate surface area is 199 Å². The summed E-state index contributed by atoms with van der Waals surface area (Å²) in [7, 11) is 0. The Morgan fingerprint density at radius 2 is 1.62 bits per heavy atom. The van der Waals surface area contributed by atoms with E-state index in [4.69, 9.17) is 0 Å². The maximum atomic E-state index is 13.5. The van der Waals surface area contributed by atoms with Crippen LogP contribution in [0.5, 0.6) is 0 Å². The van der Waals surface area contributed by atoms with E-state index in [1.807, 2.05) is 49.4 Å². The second-order valence-electron chi connectivity index (χ2n) is 7.57. The number of hydrogen-bond acceptors (Lipinski definition) is 3. The van der Waals surface area contributed by atoms with E-state index in [0.29, 0.717) is 5.69 Å². The van der Waals surface area contributed by atoms with Gasteiger partial charge in [0.15, 0.2) is 0 Å². The average Bonchev–Trinajstić information content (AvgIpc) is 3.09. The standard InChI is InChI=1S/C25H20FIN2O3/c1-16(17-5-3-2-4-6-17)28(24(31)18-7-9-19(26)10-8-18)22-15-23(30)29(25(22)32)21-13-11-20(27)12-14-21/h2-14,16,22H,15H2,1H3. The maximum Gasteiger partial charge on any atom is 0.257 e. The van der Waals surface area contributed by atoms with E-state index in [1.165, 1.54) is 29.2 Å². The normalized spacial score (nSPS) is 16.8. The number of nitrogens with zero attached hydrogens (tertiary/aromatic N) is 2. The quantitative estimate of drug-likeness (QED) is 0.338. The molecule has 0 saturated carbocycles. The van der Waals surface area contributed by atoms with Crippen LogP contribution in [-0.4, -0.2) is 28.7 Å². The van der Waals surface area contributed by atoms with Crippen LogP contribution in [0.2, 0.25) is 0 Å². The lowest BCUT2D eigenvalue weighted by molar-refractivity contribution is -0.122. The number of anilines is 1. The van der Waals surface area contributed by atoms with Gasteiger partial charge in [-0.05, 0) is 83.6 Å². The van der Waals surface area contributed by atoms with Gasteiger partial charge >= 0.3 is 0 Å². The van der Waals surface area contributed by atoms with Crippen molar-refractivity contribution in [2.75, 3.05) is 4.90 Å². The van der Waals surface area contributed by atoms with Crippen LogP contribution >= 0.6 is 22.6 Å². The van der Waals surface area contributed by atoms with E-state index in [0.717, 1.165) is 14.0 Å². The van der Waals surface area contributed by atoms with Crippen LogP contribution < -0.4 is 4.90 Å². The Balaban J connectivity index is 1.73. The first kappa shape index (κ1) is 22.1. The highest BCUT2D eigenvalue weighted by Gasteiger charge is 2.46. The smallest absolute Gasteiger partial charge is 0.257 e. The summed E-state index contributed by atoms with van der Waals surface area (Å²) >= 11 is 2.15. The fourth-order valence-corrected chi connectivity index (χ4v) is 4.28. The van der Waals surface area contributed by atoms with Crippen LogP contribution in [0, 0.1) is 9.39 Å². The Morgan fingerprint density at radius 1 is 1.00 bits per heavy atom. The van der Waals surface area contributed by atoms with Crippen molar-refractivity contribution in [3.8, 4) is 0 Å². The van der Waals surface area contributed by atoms with Gasteiger partial charge in [-0.15, -0.1) is 0 Å². The van der Waals surface area contributed by atoms with Gasteiger partial charge in [0, 0.05) is 9.13 Å². The SMILES string of the molecule is CC(c1ccccc1)N(C(=O)c1ccc(F)cc1)C1CC(=O)N(c2ccc(I)cc2)C1=O. The molecule has 3 amide bonds. The van der Waals surface area contributed by atoms with Crippen molar-refractivity contribution in [1.29, 1.82) is 0 Å². The van der Waals surface area contributed by atoms with Crippen LogP contribution in [0.4, 0.5) is 10.1 Å². The molecular weight excluding hydrogens is 522 g/mol. The van der Waals surface area contributed by atoms with Gasteiger partial charge in [-0.25, -0.2) is 9.29 Å². The molecule has 162 valence electrons. The molecule has 4 rings (SSSR count). The highest BCUT2D eigenvalue weighted by molar-refractivity contribution is 14.1. The third kappa shape index (κ3) is 4.29. The zero-order valence-corrected chi connectivity index (χ0v) is 19.4. The third-order valence-electron chi connectivity index (χ3n) is 5.57. The molecule has 1 heterocycles. The predicted molar refractivity (Wildman–Crippen MR) is 127 cm³/mol. The van der Waals surface area contributed by atoms with Gasteiger partial charge in [-0.3, -0.25) is 14.4 Å². The lowest BCUT2D eigenvalue weighted by atomic mass is 10.0. The maximum absolute atomic E-state index is 13.5. The van der Waals surface area contributed by atoms with E-state index >= 15 is 0 Å². The summed E-state index contributed by atoms with van der Waals surface area (Å²) in [5, 5.41) is 0. The molecule has 5 nitrogen and oxygen atoms in total. The number of rotatable bonds is 5. The van der Waals surface area contributed by atoms with Crippen molar-refractivity contribution < 1.29 is 18.8 Å². The van der Waals surface area contributed by atoms with Gasteiger partial charge in [0.25, 0.3) is 11.8 Å². The fourth-order valence-electron chi connectivity index (χ4n) is 3.92. The summed E-state index contributed by atoms with van der Waals surface area (Å²) in [4.78, 5) is 42.4. The monoisotopic (exact) mass is 542 g/mol. The molecule has 0 bridgehead atoms. The molecule has 1 saturated heterocycles. The molecule has 1 fully saturated rings. The van der Waals surface area contributed by atoms with Crippen LogP contribution in [0.1, 0.15) is 35.3 Å². The minimum atomic E-state index is -0.963. The molecule has 2 unspecified atom stereocenters. The molecule has 0 spiro atoms. The van der Waals surface area contributed by atoms with Gasteiger partial charge in [0.2, 0.25) is 5.91 Å². The highest BCUT2D eigenvalue weighted by atomic mass is 127. The van der Waals surface area contributed by atoms with Gasteiger partial charge in [-0.2, -0.15) is 0 Å². The Morgan fingerprint density at radius 3 is 2.25 bits per heavy atom. The first-order valence-electron chi connectivity index (χ1n) is 10.1. The average molecular weight is 542 g/mol. The lowest BCUT2D eigenvalue weighted by Gasteiger charge is -2.33.